The second-order valence-corrected chi connectivity index (χ2v) is 2.86. The maximum absolute atomic E-state index is 5.36. The van der Waals surface area contributed by atoms with Crippen LogP contribution in [0.2, 0.25) is 0 Å². The van der Waals surface area contributed by atoms with Crippen molar-refractivity contribution in [2.45, 2.75) is 13.3 Å². The molecule has 3 N–H and O–H groups in total. The van der Waals surface area contributed by atoms with Gasteiger partial charge in [0.1, 0.15) is 24.8 Å². The van der Waals surface area contributed by atoms with E-state index in [0.29, 0.717) is 11.6 Å². The monoisotopic (exact) mass is 205 g/mol. The molecule has 0 unspecified atom stereocenters. The Morgan fingerprint density at radius 3 is 2.87 bits per heavy atom. The maximum atomic E-state index is 5.36. The van der Waals surface area contributed by atoms with Gasteiger partial charge in [-0.1, -0.05) is 6.92 Å². The minimum atomic E-state index is 0.609. The first-order valence-electron chi connectivity index (χ1n) is 4.52. The van der Waals surface area contributed by atoms with E-state index in [1.807, 2.05) is 6.92 Å². The van der Waals surface area contributed by atoms with Crippen LogP contribution < -0.4 is 11.3 Å². The van der Waals surface area contributed by atoms with Gasteiger partial charge in [-0.2, -0.15) is 5.10 Å². The summed E-state index contributed by atoms with van der Waals surface area (Å²) in [5, 5.41) is 4.02. The fraction of sp³-hybridized carbons (Fsp3) is 0.250. The lowest BCUT2D eigenvalue weighted by atomic mass is 10.2. The number of nitrogens with two attached hydrogens (primary N) is 1. The Morgan fingerprint density at radius 1 is 1.40 bits per heavy atom. The number of anilines is 1. The normalized spacial score (nSPS) is 10.3. The Balaban J connectivity index is 2.56. The molecule has 0 radical (unpaired) electrons. The number of rotatable bonds is 3. The summed E-state index contributed by atoms with van der Waals surface area (Å²) >= 11 is 0. The number of hydrogen-bond acceptors (Lipinski definition) is 6. The Kier molecular flexibility index (Phi) is 2.55. The molecule has 0 aliphatic rings. The van der Waals surface area contributed by atoms with Crippen LogP contribution in [0.15, 0.2) is 19.0 Å². The van der Waals surface area contributed by atoms with Gasteiger partial charge in [0.2, 0.25) is 0 Å². The maximum Gasteiger partial charge on any atom is 0.163 e. The Hall–Kier alpha value is -2.02. The lowest BCUT2D eigenvalue weighted by molar-refractivity contribution is 0.816. The van der Waals surface area contributed by atoms with E-state index >= 15 is 0 Å². The van der Waals surface area contributed by atoms with E-state index in [9.17, 15) is 0 Å². The number of hydrazine groups is 1. The largest absolute Gasteiger partial charge is 0.308 e. The number of nitrogens with zero attached hydrogens (tertiary/aromatic N) is 5. The molecule has 7 nitrogen and oxygen atoms in total. The van der Waals surface area contributed by atoms with Crippen LogP contribution in [0.4, 0.5) is 5.82 Å². The molecule has 0 aromatic carbocycles. The highest BCUT2D eigenvalue weighted by Gasteiger charge is 2.10. The predicted octanol–water partition coefficient (Wildman–Crippen LogP) is -0.0947. The summed E-state index contributed by atoms with van der Waals surface area (Å²) in [4.78, 5) is 12.1. The fourth-order valence-corrected chi connectivity index (χ4v) is 1.37. The van der Waals surface area contributed by atoms with E-state index in [0.717, 1.165) is 12.0 Å². The second-order valence-electron chi connectivity index (χ2n) is 2.86. The van der Waals surface area contributed by atoms with Crippen LogP contribution >= 0.6 is 0 Å². The van der Waals surface area contributed by atoms with Gasteiger partial charge >= 0.3 is 0 Å². The average Bonchev–Trinajstić information content (AvgIpc) is 2.81. The third-order valence-corrected chi connectivity index (χ3v) is 2.05. The van der Waals surface area contributed by atoms with E-state index < -0.39 is 0 Å². The van der Waals surface area contributed by atoms with Crippen molar-refractivity contribution in [1.82, 2.24) is 24.7 Å². The molecule has 0 saturated heterocycles. The Bertz CT molecular complexity index is 436. The minimum absolute atomic E-state index is 0.609. The molecule has 0 spiro atoms. The average molecular weight is 205 g/mol. The standard InChI is InChI=1S/C8H11N7/c1-2-6-7(14-9)11-4-12-8(6)15-5-10-3-13-15/h3-5H,2,9H2,1H3,(H,11,12,14). The fourth-order valence-electron chi connectivity index (χ4n) is 1.37. The molecule has 7 heteroatoms. The van der Waals surface area contributed by atoms with Crippen molar-refractivity contribution < 1.29 is 0 Å². The number of nitrogens with one attached hydrogen (secondary N) is 1. The van der Waals surface area contributed by atoms with Crippen LogP contribution in [0.5, 0.6) is 0 Å². The van der Waals surface area contributed by atoms with Crippen LogP contribution in [0.3, 0.4) is 0 Å². The first kappa shape index (κ1) is 9.53. The van der Waals surface area contributed by atoms with E-state index in [4.69, 9.17) is 5.84 Å². The summed E-state index contributed by atoms with van der Waals surface area (Å²) in [5.41, 5.74) is 3.44. The topological polar surface area (TPSA) is 94.5 Å². The molecular weight excluding hydrogens is 194 g/mol. The van der Waals surface area contributed by atoms with Crippen molar-refractivity contribution in [3.63, 3.8) is 0 Å². The van der Waals surface area contributed by atoms with Crippen molar-refractivity contribution in [3.05, 3.63) is 24.5 Å². The molecule has 0 fully saturated rings. The summed E-state index contributed by atoms with van der Waals surface area (Å²) in [6.07, 6.45) is 5.24. The number of hydrogen-bond donors (Lipinski definition) is 2. The van der Waals surface area contributed by atoms with Gasteiger partial charge in [-0.05, 0) is 6.42 Å². The molecule has 2 aromatic rings. The van der Waals surface area contributed by atoms with Crippen LogP contribution in [0.25, 0.3) is 5.82 Å². The van der Waals surface area contributed by atoms with Crippen LogP contribution in [-0.4, -0.2) is 24.7 Å². The molecule has 0 atom stereocenters. The lowest BCUT2D eigenvalue weighted by Gasteiger charge is -2.09. The Labute approximate surface area is 86.3 Å². The zero-order chi connectivity index (χ0) is 10.7. The zero-order valence-corrected chi connectivity index (χ0v) is 8.25. The summed E-state index contributed by atoms with van der Waals surface area (Å²) in [6, 6.07) is 0. The third kappa shape index (κ3) is 1.64. The van der Waals surface area contributed by atoms with Gasteiger partial charge in [-0.15, -0.1) is 0 Å². The summed E-state index contributed by atoms with van der Waals surface area (Å²) in [6.45, 7) is 2.00. The van der Waals surface area contributed by atoms with Crippen molar-refractivity contribution in [1.29, 1.82) is 0 Å². The Morgan fingerprint density at radius 2 is 2.27 bits per heavy atom. The summed E-state index contributed by atoms with van der Waals surface area (Å²) < 4.78 is 1.58. The smallest absolute Gasteiger partial charge is 0.163 e. The molecular formula is C8H11N7. The van der Waals surface area contributed by atoms with Crippen molar-refractivity contribution in [2.75, 3.05) is 5.43 Å². The number of nitrogen functional groups attached to an aromatic ring is 1. The van der Waals surface area contributed by atoms with Crippen LogP contribution in [-0.2, 0) is 6.42 Å². The lowest BCUT2D eigenvalue weighted by Crippen LogP contribution is -2.14. The van der Waals surface area contributed by atoms with Crippen molar-refractivity contribution in [3.8, 4) is 5.82 Å². The van der Waals surface area contributed by atoms with Gasteiger partial charge in [-0.3, -0.25) is 0 Å². The molecule has 0 aliphatic heterocycles. The molecule has 0 aliphatic carbocycles. The minimum Gasteiger partial charge on any atom is -0.308 e. The molecule has 2 rings (SSSR count). The third-order valence-electron chi connectivity index (χ3n) is 2.05. The van der Waals surface area contributed by atoms with Gasteiger partial charge in [-0.25, -0.2) is 25.5 Å². The highest BCUT2D eigenvalue weighted by molar-refractivity contribution is 5.50. The van der Waals surface area contributed by atoms with Crippen LogP contribution in [0, 0.1) is 0 Å². The van der Waals surface area contributed by atoms with Gasteiger partial charge in [0.05, 0.1) is 0 Å². The quantitative estimate of drug-likeness (QED) is 0.537. The second kappa shape index (κ2) is 4.01. The van der Waals surface area contributed by atoms with Gasteiger partial charge in [0, 0.05) is 5.56 Å². The van der Waals surface area contributed by atoms with E-state index in [1.165, 1.54) is 12.7 Å². The SMILES string of the molecule is CCc1c(NN)ncnc1-n1cncn1. The summed E-state index contributed by atoms with van der Waals surface area (Å²) in [5.74, 6) is 6.66. The summed E-state index contributed by atoms with van der Waals surface area (Å²) in [7, 11) is 0. The highest BCUT2D eigenvalue weighted by atomic mass is 15.4. The van der Waals surface area contributed by atoms with E-state index in [2.05, 4.69) is 25.5 Å². The molecule has 0 saturated carbocycles. The molecule has 0 bridgehead atoms. The first-order chi connectivity index (χ1) is 7.36. The van der Waals surface area contributed by atoms with Gasteiger partial charge in [0.15, 0.2) is 5.82 Å². The molecule has 15 heavy (non-hydrogen) atoms. The van der Waals surface area contributed by atoms with E-state index in [1.54, 1.807) is 11.0 Å². The highest BCUT2D eigenvalue weighted by Crippen LogP contribution is 2.17. The predicted molar refractivity (Wildman–Crippen MR) is 54.1 cm³/mol. The molecule has 78 valence electrons. The van der Waals surface area contributed by atoms with Crippen molar-refractivity contribution in [2.24, 2.45) is 5.84 Å². The first-order valence-corrected chi connectivity index (χ1v) is 4.52. The molecule has 2 heterocycles. The zero-order valence-electron chi connectivity index (χ0n) is 8.25. The molecule has 0 amide bonds. The van der Waals surface area contributed by atoms with Crippen LogP contribution in [0.1, 0.15) is 12.5 Å². The van der Waals surface area contributed by atoms with Gasteiger partial charge in [0.25, 0.3) is 0 Å². The van der Waals surface area contributed by atoms with E-state index in [-0.39, 0.29) is 0 Å². The van der Waals surface area contributed by atoms with Gasteiger partial charge < -0.3 is 5.43 Å². The number of aromatic nitrogens is 5. The molecule has 2 aromatic heterocycles. The van der Waals surface area contributed by atoms with Crippen molar-refractivity contribution >= 4 is 5.82 Å².